The second-order valence-electron chi connectivity index (χ2n) is 13.3. The molecule has 4 unspecified atom stereocenters. The number of nitrogens with one attached hydrogen (secondary N) is 3. The van der Waals surface area contributed by atoms with Gasteiger partial charge >= 0.3 is 0 Å². The molecule has 4 heterocycles. The Hall–Kier alpha value is -4.22. The molecular weight excluding hydrogens is 604 g/mol. The average Bonchev–Trinajstić information content (AvgIpc) is 3.46. The summed E-state index contributed by atoms with van der Waals surface area (Å²) in [5, 5.41) is 9.28. The molecule has 5 aliphatic rings. The highest BCUT2D eigenvalue weighted by Crippen LogP contribution is 2.49. The van der Waals surface area contributed by atoms with Crippen LogP contribution in [0.2, 0.25) is 0 Å². The maximum atomic E-state index is 14.2. The van der Waals surface area contributed by atoms with Crippen LogP contribution >= 0.6 is 0 Å². The minimum absolute atomic E-state index is 0.0185. The summed E-state index contributed by atoms with van der Waals surface area (Å²) in [5.41, 5.74) is 3.40. The van der Waals surface area contributed by atoms with E-state index in [2.05, 4.69) is 33.9 Å². The Balaban J connectivity index is 1.09. The Morgan fingerprint density at radius 3 is 2.62 bits per heavy atom. The summed E-state index contributed by atoms with van der Waals surface area (Å²) in [6.45, 7) is 3.33. The van der Waals surface area contributed by atoms with Crippen LogP contribution in [0.5, 0.6) is 0 Å². The number of ether oxygens (including phenoxy) is 1. The minimum atomic E-state index is -0.749. The number of allylic oxidation sites excluding steroid dienone is 4. The molecule has 2 aliphatic carbocycles. The lowest BCUT2D eigenvalue weighted by atomic mass is 9.77. The molecule has 9 nitrogen and oxygen atoms in total. The summed E-state index contributed by atoms with van der Waals surface area (Å²) in [6, 6.07) is 3.73. The number of anilines is 1. The summed E-state index contributed by atoms with van der Waals surface area (Å²) in [7, 11) is 0. The summed E-state index contributed by atoms with van der Waals surface area (Å²) in [4.78, 5) is 46.7. The van der Waals surface area contributed by atoms with E-state index < -0.39 is 35.0 Å². The molecule has 3 aliphatic heterocycles. The molecular formula is C36H39F2N5O4. The SMILES string of the molecule is CCC1C=CC=CC2=C1NC(=O)C21Cc2cnc(NC(=O)CN3C(=O)C(CC4CCOCC4)NCC3c3cc(F)cc(F)c3)cc2C1. The van der Waals surface area contributed by atoms with Gasteiger partial charge in [-0.3, -0.25) is 14.4 Å². The minimum Gasteiger partial charge on any atom is -0.381 e. The van der Waals surface area contributed by atoms with Gasteiger partial charge in [0.15, 0.2) is 0 Å². The lowest BCUT2D eigenvalue weighted by Gasteiger charge is -2.41. The van der Waals surface area contributed by atoms with E-state index >= 15 is 0 Å². The summed E-state index contributed by atoms with van der Waals surface area (Å²) in [6.07, 6.45) is 14.0. The van der Waals surface area contributed by atoms with Gasteiger partial charge in [0.1, 0.15) is 24.0 Å². The molecule has 1 aromatic heterocycles. The lowest BCUT2D eigenvalue weighted by molar-refractivity contribution is -0.142. The number of amides is 3. The highest BCUT2D eigenvalue weighted by atomic mass is 19.1. The number of hydrogen-bond donors (Lipinski definition) is 3. The highest BCUT2D eigenvalue weighted by molar-refractivity contribution is 5.96. The Morgan fingerprint density at radius 1 is 1.09 bits per heavy atom. The van der Waals surface area contributed by atoms with Crippen LogP contribution in [-0.2, 0) is 32.0 Å². The van der Waals surface area contributed by atoms with Gasteiger partial charge in [-0.2, -0.15) is 0 Å². The number of piperazine rings is 1. The second-order valence-corrected chi connectivity index (χ2v) is 13.3. The van der Waals surface area contributed by atoms with Gasteiger partial charge in [-0.15, -0.1) is 0 Å². The number of halogens is 2. The van der Waals surface area contributed by atoms with Crippen molar-refractivity contribution in [2.75, 3.05) is 31.6 Å². The first-order chi connectivity index (χ1) is 22.7. The van der Waals surface area contributed by atoms with Crippen LogP contribution in [0.4, 0.5) is 14.6 Å². The van der Waals surface area contributed by atoms with E-state index in [1.807, 2.05) is 18.2 Å². The number of nitrogens with zero attached hydrogens (tertiary/aromatic N) is 2. The average molecular weight is 644 g/mol. The number of pyridine rings is 1. The molecule has 2 aromatic rings. The monoisotopic (exact) mass is 643 g/mol. The third-order valence-corrected chi connectivity index (χ3v) is 10.4. The zero-order valence-electron chi connectivity index (χ0n) is 26.4. The number of rotatable bonds is 7. The highest BCUT2D eigenvalue weighted by Gasteiger charge is 2.52. The fourth-order valence-corrected chi connectivity index (χ4v) is 7.89. The standard InChI is InChI=1S/C36H39F2N5O4/c1-2-22-5-3-4-6-28-33(22)42-35(46)36(28)16-24-14-31(40-18-25(24)17-36)41-32(44)20-43-30(23-12-26(37)15-27(38)13-23)19-39-29(34(43)45)11-21-7-9-47-10-8-21/h3-6,12-15,18,21-22,29-30,39H,2,7-11,16-17,19-20H2,1H3,(H,42,46)(H,40,41,44). The fourth-order valence-electron chi connectivity index (χ4n) is 7.89. The molecule has 11 heteroatoms. The van der Waals surface area contributed by atoms with Crippen molar-refractivity contribution >= 4 is 23.5 Å². The van der Waals surface area contributed by atoms with Gasteiger partial charge in [0, 0.05) is 43.6 Å². The van der Waals surface area contributed by atoms with Crippen molar-refractivity contribution in [1.82, 2.24) is 20.5 Å². The first kappa shape index (κ1) is 31.4. The molecule has 1 spiro atoms. The predicted octanol–water partition coefficient (Wildman–Crippen LogP) is 4.28. The van der Waals surface area contributed by atoms with Crippen molar-refractivity contribution in [3.8, 4) is 0 Å². The van der Waals surface area contributed by atoms with E-state index in [0.29, 0.717) is 44.2 Å². The smallest absolute Gasteiger partial charge is 0.245 e. The van der Waals surface area contributed by atoms with Gasteiger partial charge in [0.2, 0.25) is 17.7 Å². The van der Waals surface area contributed by atoms with Gasteiger partial charge in [0.05, 0.1) is 17.5 Å². The van der Waals surface area contributed by atoms with Crippen LogP contribution in [0.25, 0.3) is 0 Å². The van der Waals surface area contributed by atoms with Crippen LogP contribution < -0.4 is 16.0 Å². The molecule has 4 atom stereocenters. The Kier molecular flexibility index (Phi) is 8.52. The Morgan fingerprint density at radius 2 is 1.85 bits per heavy atom. The van der Waals surface area contributed by atoms with Crippen molar-refractivity contribution in [2.24, 2.45) is 17.3 Å². The van der Waals surface area contributed by atoms with Crippen LogP contribution in [0.15, 0.2) is 66.0 Å². The normalized spacial score (nSPS) is 27.2. The largest absolute Gasteiger partial charge is 0.381 e. The van der Waals surface area contributed by atoms with E-state index in [1.165, 1.54) is 17.0 Å². The van der Waals surface area contributed by atoms with Crippen molar-refractivity contribution in [3.63, 3.8) is 0 Å². The van der Waals surface area contributed by atoms with Crippen molar-refractivity contribution < 1.29 is 27.9 Å². The maximum Gasteiger partial charge on any atom is 0.245 e. The van der Waals surface area contributed by atoms with Crippen molar-refractivity contribution in [1.29, 1.82) is 0 Å². The zero-order chi connectivity index (χ0) is 32.7. The number of fused-ring (bicyclic) bond motifs is 2. The predicted molar refractivity (Wildman–Crippen MR) is 171 cm³/mol. The molecule has 0 bridgehead atoms. The third-order valence-electron chi connectivity index (χ3n) is 10.4. The lowest BCUT2D eigenvalue weighted by Crippen LogP contribution is -2.58. The molecule has 2 fully saturated rings. The molecule has 3 N–H and O–H groups in total. The van der Waals surface area contributed by atoms with E-state index in [4.69, 9.17) is 4.74 Å². The number of hydrogen-bond acceptors (Lipinski definition) is 6. The van der Waals surface area contributed by atoms with E-state index in [1.54, 1.807) is 12.3 Å². The summed E-state index contributed by atoms with van der Waals surface area (Å²) in [5.74, 6) is -1.52. The summed E-state index contributed by atoms with van der Waals surface area (Å²) < 4.78 is 33.9. The zero-order valence-corrected chi connectivity index (χ0v) is 26.4. The van der Waals surface area contributed by atoms with Crippen LogP contribution in [0.1, 0.15) is 55.3 Å². The molecule has 0 saturated carbocycles. The molecule has 2 saturated heterocycles. The molecule has 3 amide bonds. The van der Waals surface area contributed by atoms with Gasteiger partial charge in [-0.1, -0.05) is 31.2 Å². The van der Waals surface area contributed by atoms with Crippen molar-refractivity contribution in [2.45, 2.75) is 57.5 Å². The van der Waals surface area contributed by atoms with Gasteiger partial charge < -0.3 is 25.6 Å². The van der Waals surface area contributed by atoms with Crippen molar-refractivity contribution in [3.05, 3.63) is 94.4 Å². The molecule has 47 heavy (non-hydrogen) atoms. The van der Waals surface area contributed by atoms with Crippen LogP contribution in [0, 0.1) is 28.9 Å². The molecule has 7 rings (SSSR count). The first-order valence-electron chi connectivity index (χ1n) is 16.5. The molecule has 0 radical (unpaired) electrons. The first-order valence-corrected chi connectivity index (χ1v) is 16.5. The second kappa shape index (κ2) is 12.8. The molecule has 246 valence electrons. The Bertz CT molecular complexity index is 1680. The van der Waals surface area contributed by atoms with Crippen LogP contribution in [0.3, 0.4) is 0 Å². The Labute approximate surface area is 272 Å². The number of carbonyl (C=O) groups excluding carboxylic acids is 3. The number of benzene rings is 1. The number of carbonyl (C=O) groups is 3. The van der Waals surface area contributed by atoms with E-state index in [0.717, 1.165) is 47.7 Å². The quantitative estimate of drug-likeness (QED) is 0.416. The van der Waals surface area contributed by atoms with Crippen LogP contribution in [-0.4, -0.2) is 60.0 Å². The van der Waals surface area contributed by atoms with Gasteiger partial charge in [-0.05, 0) is 84.9 Å². The third kappa shape index (κ3) is 6.02. The van der Waals surface area contributed by atoms with Gasteiger partial charge in [0.25, 0.3) is 0 Å². The van der Waals surface area contributed by atoms with Gasteiger partial charge in [-0.25, -0.2) is 13.8 Å². The topological polar surface area (TPSA) is 113 Å². The fraction of sp³-hybridized carbons (Fsp3) is 0.444. The van der Waals surface area contributed by atoms with E-state index in [-0.39, 0.29) is 36.4 Å². The maximum absolute atomic E-state index is 14.2. The summed E-state index contributed by atoms with van der Waals surface area (Å²) >= 11 is 0. The number of aromatic nitrogens is 1. The molecule has 1 aromatic carbocycles. The van der Waals surface area contributed by atoms with E-state index in [9.17, 15) is 23.2 Å².